The molecule has 0 unspecified atom stereocenters. The van der Waals surface area contributed by atoms with Crippen molar-refractivity contribution < 1.29 is 9.21 Å². The molecule has 3 aromatic carbocycles. The van der Waals surface area contributed by atoms with Gasteiger partial charge in [-0.05, 0) is 54.8 Å². The smallest absolute Gasteiger partial charge is 0.295 e. The fraction of sp³-hybridized carbons (Fsp3) is 0.120. The van der Waals surface area contributed by atoms with E-state index in [0.29, 0.717) is 16.5 Å². The minimum atomic E-state index is -0.525. The van der Waals surface area contributed by atoms with Gasteiger partial charge in [0.1, 0.15) is 5.58 Å². The Hall–Kier alpha value is -3.66. The summed E-state index contributed by atoms with van der Waals surface area (Å²) in [7, 11) is 0. The number of hydrogen-bond acceptors (Lipinski definition) is 3. The maximum atomic E-state index is 13.6. The summed E-state index contributed by atoms with van der Waals surface area (Å²) in [6, 6.07) is 22.2. The van der Waals surface area contributed by atoms with Crippen LogP contribution in [0.15, 0.2) is 82.0 Å². The average molecular weight is 381 g/mol. The van der Waals surface area contributed by atoms with Gasteiger partial charge in [-0.2, -0.15) is 0 Å². The van der Waals surface area contributed by atoms with Gasteiger partial charge < -0.3 is 4.42 Å². The third-order valence-corrected chi connectivity index (χ3v) is 5.64. The van der Waals surface area contributed by atoms with Gasteiger partial charge in [0, 0.05) is 5.69 Å². The molecule has 29 heavy (non-hydrogen) atoms. The summed E-state index contributed by atoms with van der Waals surface area (Å²) in [5, 5.41) is 0.510. The topological polar surface area (TPSA) is 50.5 Å². The molecule has 142 valence electrons. The van der Waals surface area contributed by atoms with Crippen molar-refractivity contribution in [2.45, 2.75) is 19.9 Å². The normalized spacial score (nSPS) is 15.7. The van der Waals surface area contributed by atoms with Gasteiger partial charge in [0.05, 0.1) is 17.0 Å². The number of hydrogen-bond donors (Lipinski definition) is 0. The lowest BCUT2D eigenvalue weighted by Gasteiger charge is -2.25. The number of aryl methyl sites for hydroxylation is 2. The first kappa shape index (κ1) is 17.4. The number of nitrogens with zero attached hydrogens (tertiary/aromatic N) is 1. The number of amides is 1. The molecule has 0 bridgehead atoms. The molecule has 1 aromatic heterocycles. The first-order valence-corrected chi connectivity index (χ1v) is 9.58. The van der Waals surface area contributed by atoms with Crippen molar-refractivity contribution in [2.24, 2.45) is 0 Å². The van der Waals surface area contributed by atoms with Gasteiger partial charge in [-0.25, -0.2) is 0 Å². The maximum Gasteiger partial charge on any atom is 0.295 e. The summed E-state index contributed by atoms with van der Waals surface area (Å²) in [4.78, 5) is 28.6. The predicted molar refractivity (Wildman–Crippen MR) is 113 cm³/mol. The summed E-state index contributed by atoms with van der Waals surface area (Å²) >= 11 is 0. The molecule has 1 amide bonds. The zero-order valence-corrected chi connectivity index (χ0v) is 16.2. The Bertz CT molecular complexity index is 1310. The second-order valence-corrected chi connectivity index (χ2v) is 7.43. The van der Waals surface area contributed by atoms with Crippen molar-refractivity contribution in [3.8, 4) is 0 Å². The van der Waals surface area contributed by atoms with E-state index >= 15 is 0 Å². The van der Waals surface area contributed by atoms with Gasteiger partial charge >= 0.3 is 0 Å². The molecule has 2 heterocycles. The van der Waals surface area contributed by atoms with Crippen molar-refractivity contribution in [1.82, 2.24) is 0 Å². The van der Waals surface area contributed by atoms with Gasteiger partial charge in [0.25, 0.3) is 5.91 Å². The van der Waals surface area contributed by atoms with Gasteiger partial charge in [-0.15, -0.1) is 0 Å². The van der Waals surface area contributed by atoms with E-state index in [1.807, 2.05) is 86.6 Å². The standard InChI is InChI=1S/C25H19NO3/c1-15-13-19-20(14-16(15)2)29-24-21(23(19)27)22(17-9-5-3-6-10-17)26(25(24)28)18-11-7-4-8-12-18/h3-14,22H,1-2H3/t22-/m0/s1. The van der Waals surface area contributed by atoms with Crippen LogP contribution in [-0.2, 0) is 0 Å². The molecule has 4 heteroatoms. The van der Waals surface area contributed by atoms with E-state index in [0.717, 1.165) is 22.4 Å². The number of carbonyl (C=O) groups is 1. The highest BCUT2D eigenvalue weighted by Gasteiger charge is 2.43. The second-order valence-electron chi connectivity index (χ2n) is 7.43. The largest absolute Gasteiger partial charge is 0.450 e. The molecule has 0 aliphatic carbocycles. The molecule has 0 radical (unpaired) electrons. The van der Waals surface area contributed by atoms with E-state index < -0.39 is 6.04 Å². The van der Waals surface area contributed by atoms with Crippen LogP contribution in [-0.4, -0.2) is 5.91 Å². The highest BCUT2D eigenvalue weighted by atomic mass is 16.3. The predicted octanol–water partition coefficient (Wildman–Crippen LogP) is 5.16. The van der Waals surface area contributed by atoms with Crippen LogP contribution >= 0.6 is 0 Å². The Morgan fingerprint density at radius 2 is 1.45 bits per heavy atom. The minimum Gasteiger partial charge on any atom is -0.450 e. The Balaban J connectivity index is 1.84. The van der Waals surface area contributed by atoms with Gasteiger partial charge in [-0.1, -0.05) is 48.5 Å². The molecule has 1 aliphatic rings. The molecule has 4 nitrogen and oxygen atoms in total. The van der Waals surface area contributed by atoms with Gasteiger partial charge in [0.2, 0.25) is 5.76 Å². The zero-order valence-electron chi connectivity index (χ0n) is 16.2. The molecule has 5 rings (SSSR count). The van der Waals surface area contributed by atoms with E-state index in [9.17, 15) is 9.59 Å². The maximum absolute atomic E-state index is 13.6. The SMILES string of the molecule is Cc1cc2oc3c(c(=O)c2cc1C)[C@H](c1ccccc1)N(c1ccccc1)C3=O. The molecule has 1 aliphatic heterocycles. The number of anilines is 1. The number of fused-ring (bicyclic) bond motifs is 2. The summed E-state index contributed by atoms with van der Waals surface area (Å²) < 4.78 is 6.05. The van der Waals surface area contributed by atoms with E-state index in [1.54, 1.807) is 4.90 Å². The minimum absolute atomic E-state index is 0.128. The Morgan fingerprint density at radius 1 is 0.828 bits per heavy atom. The Labute approximate surface area is 168 Å². The van der Waals surface area contributed by atoms with Crippen molar-refractivity contribution >= 4 is 22.6 Å². The third-order valence-electron chi connectivity index (χ3n) is 5.64. The summed E-state index contributed by atoms with van der Waals surface area (Å²) in [5.74, 6) is -0.166. The summed E-state index contributed by atoms with van der Waals surface area (Å²) in [5.41, 5.74) is 4.35. The summed E-state index contributed by atoms with van der Waals surface area (Å²) in [6.45, 7) is 3.93. The molecular weight excluding hydrogens is 362 g/mol. The average Bonchev–Trinajstić information content (AvgIpc) is 3.04. The molecule has 0 N–H and O–H groups in total. The zero-order chi connectivity index (χ0) is 20.1. The van der Waals surface area contributed by atoms with Crippen molar-refractivity contribution in [2.75, 3.05) is 4.90 Å². The Kier molecular flexibility index (Phi) is 3.88. The van der Waals surface area contributed by atoms with Gasteiger partial charge in [-0.3, -0.25) is 14.5 Å². The van der Waals surface area contributed by atoms with E-state index in [4.69, 9.17) is 4.42 Å². The molecule has 0 saturated carbocycles. The van der Waals surface area contributed by atoms with Crippen LogP contribution in [0, 0.1) is 13.8 Å². The molecular formula is C25H19NO3. The highest BCUT2D eigenvalue weighted by Crippen LogP contribution is 2.41. The van der Waals surface area contributed by atoms with Crippen LogP contribution in [0.3, 0.4) is 0 Å². The fourth-order valence-corrected chi connectivity index (χ4v) is 4.03. The van der Waals surface area contributed by atoms with Crippen LogP contribution in [0.5, 0.6) is 0 Å². The molecule has 0 saturated heterocycles. The quantitative estimate of drug-likeness (QED) is 0.482. The first-order valence-electron chi connectivity index (χ1n) is 9.58. The van der Waals surface area contributed by atoms with Crippen LogP contribution < -0.4 is 10.3 Å². The lowest BCUT2D eigenvalue weighted by Crippen LogP contribution is -2.29. The molecule has 4 aromatic rings. The summed E-state index contributed by atoms with van der Waals surface area (Å²) in [6.07, 6.45) is 0. The van der Waals surface area contributed by atoms with Crippen molar-refractivity contribution in [1.29, 1.82) is 0 Å². The third kappa shape index (κ3) is 2.60. The van der Waals surface area contributed by atoms with E-state index in [-0.39, 0.29) is 17.1 Å². The number of para-hydroxylation sites is 1. The lowest BCUT2D eigenvalue weighted by molar-refractivity contribution is 0.0971. The molecule has 1 atom stereocenters. The van der Waals surface area contributed by atoms with Crippen molar-refractivity contribution in [3.63, 3.8) is 0 Å². The first-order chi connectivity index (χ1) is 14.1. The molecule has 0 spiro atoms. The number of benzene rings is 3. The van der Waals surface area contributed by atoms with E-state index in [1.165, 1.54) is 0 Å². The van der Waals surface area contributed by atoms with Crippen LogP contribution in [0.4, 0.5) is 5.69 Å². The monoisotopic (exact) mass is 381 g/mol. The second kappa shape index (κ2) is 6.45. The van der Waals surface area contributed by atoms with Crippen LogP contribution in [0.1, 0.15) is 38.9 Å². The number of rotatable bonds is 2. The lowest BCUT2D eigenvalue weighted by atomic mass is 9.97. The number of carbonyl (C=O) groups excluding carboxylic acids is 1. The molecule has 0 fully saturated rings. The van der Waals surface area contributed by atoms with Gasteiger partial charge in [0.15, 0.2) is 5.43 Å². The van der Waals surface area contributed by atoms with Crippen LogP contribution in [0.25, 0.3) is 11.0 Å². The van der Waals surface area contributed by atoms with Crippen molar-refractivity contribution in [3.05, 3.63) is 111 Å². The highest BCUT2D eigenvalue weighted by molar-refractivity contribution is 6.10. The van der Waals surface area contributed by atoms with E-state index in [2.05, 4.69) is 0 Å². The van der Waals surface area contributed by atoms with Crippen LogP contribution in [0.2, 0.25) is 0 Å². The fourth-order valence-electron chi connectivity index (χ4n) is 4.03. The Morgan fingerprint density at radius 3 is 2.14 bits per heavy atom.